The van der Waals surface area contributed by atoms with E-state index in [1.807, 2.05) is 25.1 Å². The number of rotatable bonds is 7. The molecule has 0 heterocycles. The topological polar surface area (TPSA) is 75.6 Å². The van der Waals surface area contributed by atoms with Gasteiger partial charge in [0, 0.05) is 6.54 Å². The maximum atomic E-state index is 11.6. The van der Waals surface area contributed by atoms with E-state index >= 15 is 0 Å². The fourth-order valence-corrected chi connectivity index (χ4v) is 1.53. The molecule has 5 heteroatoms. The van der Waals surface area contributed by atoms with Crippen LogP contribution in [-0.2, 0) is 9.59 Å². The molecule has 0 radical (unpaired) electrons. The normalized spacial score (nSPS) is 10.9. The molecule has 0 spiro atoms. The molecule has 0 fully saturated rings. The maximum Gasteiger partial charge on any atom is 0.309 e. The van der Waals surface area contributed by atoms with Gasteiger partial charge in [-0.3, -0.25) is 9.59 Å². The molecule has 0 bridgehead atoms. The van der Waals surface area contributed by atoms with Gasteiger partial charge in [0.25, 0.3) is 5.91 Å². The van der Waals surface area contributed by atoms with E-state index in [-0.39, 0.29) is 12.5 Å². The van der Waals surface area contributed by atoms with E-state index in [1.165, 1.54) is 0 Å². The van der Waals surface area contributed by atoms with Crippen molar-refractivity contribution in [1.82, 2.24) is 5.32 Å². The second-order valence-electron chi connectivity index (χ2n) is 5.39. The van der Waals surface area contributed by atoms with Crippen LogP contribution in [-0.4, -0.2) is 30.1 Å². The highest BCUT2D eigenvalue weighted by atomic mass is 16.5. The third-order valence-electron chi connectivity index (χ3n) is 3.01. The van der Waals surface area contributed by atoms with E-state index in [1.54, 1.807) is 19.9 Å². The first kappa shape index (κ1) is 16.0. The van der Waals surface area contributed by atoms with E-state index in [4.69, 9.17) is 9.84 Å². The van der Waals surface area contributed by atoms with Crippen molar-refractivity contribution in [3.05, 3.63) is 29.8 Å². The predicted octanol–water partition coefficient (Wildman–Crippen LogP) is 1.99. The Bertz CT molecular complexity index is 483. The number of carboxylic acids is 1. The number of benzene rings is 1. The van der Waals surface area contributed by atoms with Crippen LogP contribution in [0.5, 0.6) is 5.75 Å². The van der Waals surface area contributed by atoms with Crippen molar-refractivity contribution in [2.45, 2.75) is 27.2 Å². The number of carbonyl (C=O) groups excluding carboxylic acids is 1. The number of amides is 1. The Morgan fingerprint density at radius 3 is 2.65 bits per heavy atom. The number of aryl methyl sites for hydroxylation is 1. The van der Waals surface area contributed by atoms with Crippen LogP contribution in [0.25, 0.3) is 0 Å². The molecule has 0 aliphatic rings. The predicted molar refractivity (Wildman–Crippen MR) is 75.7 cm³/mol. The van der Waals surface area contributed by atoms with Gasteiger partial charge in [0.1, 0.15) is 5.75 Å². The molecule has 0 atom stereocenters. The molecule has 0 aliphatic carbocycles. The Hall–Kier alpha value is -2.04. The molecule has 20 heavy (non-hydrogen) atoms. The Morgan fingerprint density at radius 2 is 2.05 bits per heavy atom. The second kappa shape index (κ2) is 6.93. The highest BCUT2D eigenvalue weighted by Crippen LogP contribution is 2.19. The lowest BCUT2D eigenvalue weighted by molar-refractivity contribution is -0.147. The number of ether oxygens (including phenoxy) is 1. The lowest BCUT2D eigenvalue weighted by atomic mass is 9.90. The van der Waals surface area contributed by atoms with Crippen LogP contribution >= 0.6 is 0 Å². The van der Waals surface area contributed by atoms with Gasteiger partial charge in [-0.2, -0.15) is 0 Å². The summed E-state index contributed by atoms with van der Waals surface area (Å²) in [7, 11) is 0. The zero-order valence-corrected chi connectivity index (χ0v) is 12.1. The lowest BCUT2D eigenvalue weighted by Crippen LogP contribution is -2.34. The first-order valence-electron chi connectivity index (χ1n) is 6.51. The van der Waals surface area contributed by atoms with Crippen LogP contribution in [0.1, 0.15) is 25.8 Å². The van der Waals surface area contributed by atoms with E-state index in [2.05, 4.69) is 5.32 Å². The van der Waals surface area contributed by atoms with Crippen LogP contribution in [0.4, 0.5) is 0 Å². The van der Waals surface area contributed by atoms with Crippen molar-refractivity contribution in [3.8, 4) is 5.75 Å². The SMILES string of the molecule is Cc1cccc(OCC(=O)NCCC(C)(C)C(=O)O)c1. The van der Waals surface area contributed by atoms with Crippen molar-refractivity contribution in [1.29, 1.82) is 0 Å². The van der Waals surface area contributed by atoms with Crippen LogP contribution in [0, 0.1) is 12.3 Å². The Morgan fingerprint density at radius 1 is 1.35 bits per heavy atom. The average molecular weight is 279 g/mol. The van der Waals surface area contributed by atoms with Gasteiger partial charge in [-0.15, -0.1) is 0 Å². The zero-order chi connectivity index (χ0) is 15.2. The molecule has 2 N–H and O–H groups in total. The molecular weight excluding hydrogens is 258 g/mol. The van der Waals surface area contributed by atoms with Gasteiger partial charge in [-0.05, 0) is 44.9 Å². The van der Waals surface area contributed by atoms with Crippen LogP contribution in [0.3, 0.4) is 0 Å². The fourth-order valence-electron chi connectivity index (χ4n) is 1.53. The third kappa shape index (κ3) is 5.30. The standard InChI is InChI=1S/C15H21NO4/c1-11-5-4-6-12(9-11)20-10-13(17)16-8-7-15(2,3)14(18)19/h4-6,9H,7-8,10H2,1-3H3,(H,16,17)(H,18,19). The van der Waals surface area contributed by atoms with E-state index < -0.39 is 11.4 Å². The third-order valence-corrected chi connectivity index (χ3v) is 3.01. The molecule has 0 unspecified atom stereocenters. The molecule has 0 saturated heterocycles. The van der Waals surface area contributed by atoms with Gasteiger partial charge in [0.2, 0.25) is 0 Å². The Balaban J connectivity index is 2.29. The number of hydrogen-bond acceptors (Lipinski definition) is 3. The minimum atomic E-state index is -0.872. The molecule has 1 aromatic carbocycles. The number of carboxylic acid groups (broad SMARTS) is 1. The second-order valence-corrected chi connectivity index (χ2v) is 5.39. The van der Waals surface area contributed by atoms with Gasteiger partial charge in [-0.25, -0.2) is 0 Å². The average Bonchev–Trinajstić information content (AvgIpc) is 2.36. The summed E-state index contributed by atoms with van der Waals surface area (Å²) in [5.74, 6) is -0.485. The first-order valence-corrected chi connectivity index (χ1v) is 6.51. The van der Waals surface area contributed by atoms with Crippen molar-refractivity contribution >= 4 is 11.9 Å². The summed E-state index contributed by atoms with van der Waals surface area (Å²) in [6, 6.07) is 7.44. The zero-order valence-electron chi connectivity index (χ0n) is 12.1. The number of hydrogen-bond donors (Lipinski definition) is 2. The van der Waals surface area contributed by atoms with E-state index in [0.717, 1.165) is 5.56 Å². The molecule has 1 amide bonds. The minimum Gasteiger partial charge on any atom is -0.484 e. The van der Waals surface area contributed by atoms with Crippen molar-refractivity contribution in [3.63, 3.8) is 0 Å². The summed E-state index contributed by atoms with van der Waals surface area (Å²) in [5.41, 5.74) is 0.219. The summed E-state index contributed by atoms with van der Waals surface area (Å²) in [5, 5.41) is 11.6. The smallest absolute Gasteiger partial charge is 0.309 e. The number of nitrogens with one attached hydrogen (secondary N) is 1. The number of aliphatic carboxylic acids is 1. The minimum absolute atomic E-state index is 0.0725. The molecule has 1 rings (SSSR count). The summed E-state index contributed by atoms with van der Waals surface area (Å²) < 4.78 is 5.35. The molecular formula is C15H21NO4. The molecule has 0 aromatic heterocycles. The van der Waals surface area contributed by atoms with Crippen molar-refractivity contribution < 1.29 is 19.4 Å². The molecule has 0 saturated carbocycles. The van der Waals surface area contributed by atoms with Gasteiger partial charge >= 0.3 is 5.97 Å². The molecule has 110 valence electrons. The van der Waals surface area contributed by atoms with Gasteiger partial charge in [0.05, 0.1) is 5.41 Å². The molecule has 1 aromatic rings. The Labute approximate surface area is 118 Å². The van der Waals surface area contributed by atoms with Gasteiger partial charge in [-0.1, -0.05) is 12.1 Å². The summed E-state index contributed by atoms with van der Waals surface area (Å²) >= 11 is 0. The van der Waals surface area contributed by atoms with Crippen LogP contribution < -0.4 is 10.1 Å². The number of carbonyl (C=O) groups is 2. The van der Waals surface area contributed by atoms with Crippen molar-refractivity contribution in [2.24, 2.45) is 5.41 Å². The van der Waals surface area contributed by atoms with Gasteiger partial charge < -0.3 is 15.2 Å². The first-order chi connectivity index (χ1) is 9.31. The van der Waals surface area contributed by atoms with Crippen LogP contribution in [0.15, 0.2) is 24.3 Å². The maximum absolute atomic E-state index is 11.6. The highest BCUT2D eigenvalue weighted by Gasteiger charge is 2.26. The van der Waals surface area contributed by atoms with E-state index in [0.29, 0.717) is 18.7 Å². The van der Waals surface area contributed by atoms with Gasteiger partial charge in [0.15, 0.2) is 6.61 Å². The quantitative estimate of drug-likeness (QED) is 0.800. The molecule has 0 aliphatic heterocycles. The summed E-state index contributed by atoms with van der Waals surface area (Å²) in [6.07, 6.45) is 0.374. The fraction of sp³-hybridized carbons (Fsp3) is 0.467. The largest absolute Gasteiger partial charge is 0.484 e. The van der Waals surface area contributed by atoms with Crippen LogP contribution in [0.2, 0.25) is 0 Å². The monoisotopic (exact) mass is 279 g/mol. The summed E-state index contributed by atoms with van der Waals surface area (Å²) in [6.45, 7) is 5.45. The van der Waals surface area contributed by atoms with Crippen molar-refractivity contribution in [2.75, 3.05) is 13.2 Å². The molecule has 5 nitrogen and oxygen atoms in total. The summed E-state index contributed by atoms with van der Waals surface area (Å²) in [4.78, 5) is 22.5. The highest BCUT2D eigenvalue weighted by molar-refractivity contribution is 5.77. The Kier molecular flexibility index (Phi) is 5.55. The van der Waals surface area contributed by atoms with E-state index in [9.17, 15) is 9.59 Å². The lowest BCUT2D eigenvalue weighted by Gasteiger charge is -2.18.